The van der Waals surface area contributed by atoms with Crippen molar-refractivity contribution in [3.05, 3.63) is 66.1 Å². The lowest BCUT2D eigenvalue weighted by Crippen LogP contribution is -2.46. The second-order valence-electron chi connectivity index (χ2n) is 8.01. The van der Waals surface area contributed by atoms with E-state index in [0.717, 1.165) is 16.7 Å². The molecule has 0 aromatic heterocycles. The van der Waals surface area contributed by atoms with Gasteiger partial charge in [0.2, 0.25) is 5.91 Å². The van der Waals surface area contributed by atoms with Crippen LogP contribution in [0.2, 0.25) is 0 Å². The monoisotopic (exact) mass is 639 g/mol. The summed E-state index contributed by atoms with van der Waals surface area (Å²) >= 11 is 2.84. The summed E-state index contributed by atoms with van der Waals surface area (Å²) in [5.74, 6) is 0.00572. The molecule has 194 valence electrons. The normalized spacial score (nSPS) is 16.9. The first kappa shape index (κ1) is 26.9. The number of morpholine rings is 1. The fourth-order valence-corrected chi connectivity index (χ4v) is 5.33. The number of nitro benzene ring substituents is 1. The molecule has 0 spiro atoms. The minimum absolute atomic E-state index is 0.0290. The predicted octanol–water partition coefficient (Wildman–Crippen LogP) is 3.68. The molecule has 0 radical (unpaired) electrons. The number of non-ortho nitro benzene ring substituents is 1. The lowest BCUT2D eigenvalue weighted by molar-refractivity contribution is -0.384. The average Bonchev–Trinajstić information content (AvgIpc) is 3.15. The second kappa shape index (κ2) is 11.9. The Labute approximate surface area is 230 Å². The summed E-state index contributed by atoms with van der Waals surface area (Å²) in [6.07, 6.45) is 1.57. The highest BCUT2D eigenvalue weighted by molar-refractivity contribution is 14.1. The minimum Gasteiger partial charge on any atom is -0.493 e. The van der Waals surface area contributed by atoms with E-state index in [9.17, 15) is 24.5 Å². The van der Waals surface area contributed by atoms with Crippen molar-refractivity contribution in [2.45, 2.75) is 6.61 Å². The molecule has 2 aliphatic rings. The number of nitro groups is 1. The van der Waals surface area contributed by atoms with Crippen molar-refractivity contribution >= 4 is 63.2 Å². The maximum Gasteiger partial charge on any atom is 0.294 e. The zero-order chi connectivity index (χ0) is 26.5. The van der Waals surface area contributed by atoms with Gasteiger partial charge in [-0.3, -0.25) is 29.4 Å². The van der Waals surface area contributed by atoms with Gasteiger partial charge in [0.15, 0.2) is 11.5 Å². The van der Waals surface area contributed by atoms with Crippen molar-refractivity contribution in [3.63, 3.8) is 0 Å². The third-order valence-electron chi connectivity index (χ3n) is 5.58. The first-order chi connectivity index (χ1) is 17.8. The van der Waals surface area contributed by atoms with Crippen molar-refractivity contribution in [2.75, 3.05) is 40.0 Å². The number of thioether (sulfide) groups is 1. The third kappa shape index (κ3) is 6.40. The fraction of sp³-hybridized carbons (Fsp3) is 0.292. The summed E-state index contributed by atoms with van der Waals surface area (Å²) < 4.78 is 17.3. The summed E-state index contributed by atoms with van der Waals surface area (Å²) in [5, 5.41) is 10.5. The van der Waals surface area contributed by atoms with Crippen molar-refractivity contribution < 1.29 is 33.5 Å². The van der Waals surface area contributed by atoms with Gasteiger partial charge in [-0.15, -0.1) is 0 Å². The van der Waals surface area contributed by atoms with Crippen LogP contribution < -0.4 is 9.47 Å². The molecule has 0 aliphatic carbocycles. The number of hydrogen-bond donors (Lipinski definition) is 0. The number of halogens is 1. The van der Waals surface area contributed by atoms with Crippen molar-refractivity contribution in [3.8, 4) is 11.5 Å². The largest absolute Gasteiger partial charge is 0.493 e. The number of hydrogen-bond acceptors (Lipinski definition) is 9. The van der Waals surface area contributed by atoms with Gasteiger partial charge in [-0.25, -0.2) is 0 Å². The van der Waals surface area contributed by atoms with E-state index < -0.39 is 16.1 Å². The Bertz CT molecular complexity index is 1280. The first-order valence-electron chi connectivity index (χ1n) is 11.1. The minimum atomic E-state index is -0.531. The summed E-state index contributed by atoms with van der Waals surface area (Å²) in [6, 6.07) is 9.58. The van der Waals surface area contributed by atoms with Crippen LogP contribution in [0.25, 0.3) is 6.08 Å². The molecule has 2 heterocycles. The molecule has 0 unspecified atom stereocenters. The van der Waals surface area contributed by atoms with Gasteiger partial charge in [0, 0.05) is 25.2 Å². The van der Waals surface area contributed by atoms with Crippen LogP contribution in [0.15, 0.2) is 41.3 Å². The zero-order valence-electron chi connectivity index (χ0n) is 19.7. The van der Waals surface area contributed by atoms with Gasteiger partial charge in [-0.1, -0.05) is 12.1 Å². The summed E-state index contributed by atoms with van der Waals surface area (Å²) in [4.78, 5) is 51.2. The predicted molar refractivity (Wildman–Crippen MR) is 143 cm³/mol. The van der Waals surface area contributed by atoms with Crippen LogP contribution in [0.3, 0.4) is 0 Å². The smallest absolute Gasteiger partial charge is 0.294 e. The van der Waals surface area contributed by atoms with E-state index in [0.29, 0.717) is 52.5 Å². The van der Waals surface area contributed by atoms with Crippen molar-refractivity contribution in [1.29, 1.82) is 0 Å². The van der Waals surface area contributed by atoms with Gasteiger partial charge in [-0.2, -0.15) is 0 Å². The molecule has 2 fully saturated rings. The fourth-order valence-electron chi connectivity index (χ4n) is 3.71. The van der Waals surface area contributed by atoms with Gasteiger partial charge < -0.3 is 19.1 Å². The lowest BCUT2D eigenvalue weighted by Gasteiger charge is -2.28. The molecule has 37 heavy (non-hydrogen) atoms. The van der Waals surface area contributed by atoms with Crippen LogP contribution in [0, 0.1) is 13.7 Å². The van der Waals surface area contributed by atoms with Crippen LogP contribution in [0.4, 0.5) is 10.5 Å². The average molecular weight is 639 g/mol. The molecule has 4 rings (SSSR count). The SMILES string of the molecule is COc1cc(/C=C2/SC(=O)N(CC(=O)N3CCOCC3)C2=O)cc(I)c1OCc1cccc([N+](=O)[O-])c1. The van der Waals surface area contributed by atoms with Crippen LogP contribution >= 0.6 is 34.4 Å². The molecule has 0 saturated carbocycles. The number of nitrogens with zero attached hydrogens (tertiary/aromatic N) is 3. The van der Waals surface area contributed by atoms with Gasteiger partial charge in [0.25, 0.3) is 16.8 Å². The maximum absolute atomic E-state index is 12.9. The molecule has 3 amide bonds. The highest BCUT2D eigenvalue weighted by atomic mass is 127. The molecular weight excluding hydrogens is 617 g/mol. The maximum atomic E-state index is 12.9. The quantitative estimate of drug-likeness (QED) is 0.184. The van der Waals surface area contributed by atoms with Gasteiger partial charge in [0.1, 0.15) is 13.2 Å². The summed E-state index contributed by atoms with van der Waals surface area (Å²) in [6.45, 7) is 1.49. The van der Waals surface area contributed by atoms with E-state index in [4.69, 9.17) is 14.2 Å². The van der Waals surface area contributed by atoms with Crippen LogP contribution in [0.5, 0.6) is 11.5 Å². The van der Waals surface area contributed by atoms with Gasteiger partial charge in [-0.05, 0) is 63.7 Å². The highest BCUT2D eigenvalue weighted by Gasteiger charge is 2.37. The van der Waals surface area contributed by atoms with Crippen molar-refractivity contribution in [1.82, 2.24) is 9.80 Å². The Morgan fingerprint density at radius 2 is 2.00 bits per heavy atom. The number of methoxy groups -OCH3 is 1. The van der Waals surface area contributed by atoms with Crippen LogP contribution in [0.1, 0.15) is 11.1 Å². The zero-order valence-corrected chi connectivity index (χ0v) is 22.7. The molecule has 0 N–H and O–H groups in total. The number of imide groups is 1. The number of amides is 3. The number of carbonyl (C=O) groups excluding carboxylic acids is 3. The third-order valence-corrected chi connectivity index (χ3v) is 7.29. The molecule has 2 aliphatic heterocycles. The number of ether oxygens (including phenoxy) is 3. The number of carbonyl (C=O) groups is 3. The number of benzene rings is 2. The molecule has 13 heteroatoms. The summed E-state index contributed by atoms with van der Waals surface area (Å²) in [7, 11) is 1.47. The van der Waals surface area contributed by atoms with E-state index in [1.54, 1.807) is 35.2 Å². The molecular formula is C24H22IN3O8S. The first-order valence-corrected chi connectivity index (χ1v) is 13.0. The Morgan fingerprint density at radius 1 is 1.24 bits per heavy atom. The Kier molecular flexibility index (Phi) is 8.66. The van der Waals surface area contributed by atoms with E-state index >= 15 is 0 Å². The van der Waals surface area contributed by atoms with Gasteiger partial charge >= 0.3 is 0 Å². The Hall–Kier alpha value is -3.17. The highest BCUT2D eigenvalue weighted by Crippen LogP contribution is 2.37. The molecule has 2 saturated heterocycles. The van der Waals surface area contributed by atoms with Crippen molar-refractivity contribution in [2.24, 2.45) is 0 Å². The van der Waals surface area contributed by atoms with E-state index in [-0.39, 0.29) is 29.7 Å². The second-order valence-corrected chi connectivity index (χ2v) is 10.2. The van der Waals surface area contributed by atoms with Crippen LogP contribution in [-0.2, 0) is 20.9 Å². The van der Waals surface area contributed by atoms with Gasteiger partial charge in [0.05, 0.1) is 33.7 Å². The lowest BCUT2D eigenvalue weighted by atomic mass is 10.1. The molecule has 2 aromatic carbocycles. The molecule has 0 atom stereocenters. The Balaban J connectivity index is 1.48. The molecule has 11 nitrogen and oxygen atoms in total. The standard InChI is InChI=1S/C24H22IN3O8S/c1-34-19-11-16(10-18(25)22(19)36-14-15-3-2-4-17(9-15)28(32)33)12-20-23(30)27(24(31)37-20)13-21(29)26-5-7-35-8-6-26/h2-4,9-12H,5-8,13-14H2,1H3/b20-12+. The molecule has 0 bridgehead atoms. The summed E-state index contributed by atoms with van der Waals surface area (Å²) in [5.41, 5.74) is 1.20. The Morgan fingerprint density at radius 3 is 2.70 bits per heavy atom. The number of rotatable bonds is 8. The topological polar surface area (TPSA) is 129 Å². The van der Waals surface area contributed by atoms with E-state index in [1.165, 1.54) is 19.2 Å². The van der Waals surface area contributed by atoms with E-state index in [1.807, 2.05) is 0 Å². The van der Waals surface area contributed by atoms with E-state index in [2.05, 4.69) is 22.6 Å². The molecule has 2 aromatic rings. The van der Waals surface area contributed by atoms with Crippen LogP contribution in [-0.4, -0.2) is 71.7 Å².